The first-order chi connectivity index (χ1) is 18.7. The minimum atomic E-state index is 0.404. The van der Waals surface area contributed by atoms with Crippen LogP contribution in [0.1, 0.15) is 24.0 Å². The molecule has 38 heavy (non-hydrogen) atoms. The number of aromatic nitrogens is 4. The van der Waals surface area contributed by atoms with Crippen molar-refractivity contribution in [2.75, 3.05) is 43.6 Å². The van der Waals surface area contributed by atoms with Crippen LogP contribution in [0.2, 0.25) is 0 Å². The summed E-state index contributed by atoms with van der Waals surface area (Å²) in [6, 6.07) is 11.6. The number of ether oxygens (including phenoxy) is 3. The predicted molar refractivity (Wildman–Crippen MR) is 143 cm³/mol. The van der Waals surface area contributed by atoms with Crippen molar-refractivity contribution in [3.8, 4) is 17.6 Å². The van der Waals surface area contributed by atoms with E-state index in [0.29, 0.717) is 53.6 Å². The highest BCUT2D eigenvalue weighted by Gasteiger charge is 2.22. The van der Waals surface area contributed by atoms with Crippen molar-refractivity contribution in [1.29, 1.82) is 5.26 Å². The zero-order valence-corrected chi connectivity index (χ0v) is 21.3. The normalized spacial score (nSPS) is 15.3. The Morgan fingerprint density at radius 1 is 1.13 bits per heavy atom. The van der Waals surface area contributed by atoms with Gasteiger partial charge in [-0.25, -0.2) is 4.98 Å². The van der Waals surface area contributed by atoms with Crippen molar-refractivity contribution < 1.29 is 14.2 Å². The molecule has 2 aliphatic rings. The van der Waals surface area contributed by atoms with Gasteiger partial charge in [0, 0.05) is 43.1 Å². The molecule has 1 N–H and O–H groups in total. The molecule has 6 rings (SSSR count). The number of fused-ring (bicyclic) bond motifs is 1. The van der Waals surface area contributed by atoms with E-state index in [1.165, 1.54) is 12.8 Å². The predicted octanol–water partition coefficient (Wildman–Crippen LogP) is 4.28. The number of nitrogens with zero attached hydrogens (tertiary/aromatic N) is 6. The maximum atomic E-state index is 10.0. The summed E-state index contributed by atoms with van der Waals surface area (Å²) in [7, 11) is 1.61. The Bertz CT molecular complexity index is 1490. The van der Waals surface area contributed by atoms with Gasteiger partial charge in [0.1, 0.15) is 29.6 Å². The molecule has 1 saturated carbocycles. The molecule has 0 radical (unpaired) electrons. The van der Waals surface area contributed by atoms with Crippen molar-refractivity contribution >= 4 is 28.2 Å². The van der Waals surface area contributed by atoms with E-state index < -0.39 is 0 Å². The van der Waals surface area contributed by atoms with Crippen molar-refractivity contribution in [2.24, 2.45) is 5.92 Å². The minimum Gasteiger partial charge on any atom is -0.493 e. The summed E-state index contributed by atoms with van der Waals surface area (Å²) in [5, 5.41) is 17.8. The quantitative estimate of drug-likeness (QED) is 0.352. The number of morpholine rings is 1. The van der Waals surface area contributed by atoms with Gasteiger partial charge >= 0.3 is 0 Å². The summed E-state index contributed by atoms with van der Waals surface area (Å²) in [6.07, 6.45) is 8.23. The second kappa shape index (κ2) is 10.6. The van der Waals surface area contributed by atoms with Gasteiger partial charge in [0.15, 0.2) is 11.5 Å². The Balaban J connectivity index is 1.20. The molecule has 0 spiro atoms. The lowest BCUT2D eigenvalue weighted by atomic mass is 10.1. The molecule has 0 bridgehead atoms. The molecule has 10 heteroatoms. The topological polar surface area (TPSA) is 110 Å². The van der Waals surface area contributed by atoms with Crippen molar-refractivity contribution in [3.05, 3.63) is 60.0 Å². The van der Waals surface area contributed by atoms with Gasteiger partial charge in [-0.2, -0.15) is 10.4 Å². The highest BCUT2D eigenvalue weighted by Crippen LogP contribution is 2.34. The summed E-state index contributed by atoms with van der Waals surface area (Å²) >= 11 is 0. The van der Waals surface area contributed by atoms with Crippen molar-refractivity contribution in [3.63, 3.8) is 0 Å². The second-order valence-corrected chi connectivity index (χ2v) is 9.59. The van der Waals surface area contributed by atoms with Crippen LogP contribution in [0.5, 0.6) is 11.5 Å². The van der Waals surface area contributed by atoms with E-state index in [2.05, 4.69) is 26.4 Å². The van der Waals surface area contributed by atoms with Gasteiger partial charge in [0.05, 0.1) is 43.9 Å². The summed E-state index contributed by atoms with van der Waals surface area (Å²) in [5.41, 5.74) is 4.10. The second-order valence-electron chi connectivity index (χ2n) is 9.59. The first-order valence-corrected chi connectivity index (χ1v) is 12.8. The standard InChI is InChI=1S/C28H29N7O3/c1-36-26-12-21(4-7-25(26)38-18-20-14-31-35(17-20)16-19-2-3-19)32-23-5-6-24-28(22(23)13-29)33-27(15-30-24)34-8-10-37-11-9-34/h4-7,12,14-15,17,19,32H,2-3,8-11,16,18H2,1H3. The van der Waals surface area contributed by atoms with Crippen LogP contribution < -0.4 is 19.7 Å². The molecule has 1 aliphatic carbocycles. The van der Waals surface area contributed by atoms with Crippen LogP contribution >= 0.6 is 0 Å². The van der Waals surface area contributed by atoms with Gasteiger partial charge < -0.3 is 24.4 Å². The Hall–Kier alpha value is -4.36. The maximum absolute atomic E-state index is 10.0. The number of anilines is 3. The molecular formula is C28H29N7O3. The first kappa shape index (κ1) is 24.0. The molecule has 2 aromatic heterocycles. The molecule has 1 aliphatic heterocycles. The van der Waals surface area contributed by atoms with E-state index in [1.54, 1.807) is 13.3 Å². The van der Waals surface area contributed by atoms with E-state index in [1.807, 2.05) is 47.4 Å². The zero-order valence-electron chi connectivity index (χ0n) is 21.3. The van der Waals surface area contributed by atoms with E-state index >= 15 is 0 Å². The fraction of sp³-hybridized carbons (Fsp3) is 0.357. The molecule has 0 atom stereocenters. The number of nitriles is 1. The number of nitrogens with one attached hydrogen (secondary N) is 1. The van der Waals surface area contributed by atoms with Gasteiger partial charge in [-0.15, -0.1) is 0 Å². The van der Waals surface area contributed by atoms with Gasteiger partial charge in [-0.1, -0.05) is 0 Å². The van der Waals surface area contributed by atoms with Gasteiger partial charge in [-0.05, 0) is 43.0 Å². The van der Waals surface area contributed by atoms with Crippen LogP contribution in [-0.2, 0) is 17.9 Å². The Morgan fingerprint density at radius 2 is 2.00 bits per heavy atom. The average Bonchev–Trinajstić information content (AvgIpc) is 3.67. The van der Waals surface area contributed by atoms with Crippen LogP contribution in [0.15, 0.2) is 48.9 Å². The smallest absolute Gasteiger partial charge is 0.162 e. The number of rotatable bonds is 9. The fourth-order valence-corrected chi connectivity index (χ4v) is 4.56. The third-order valence-corrected chi connectivity index (χ3v) is 6.81. The summed E-state index contributed by atoms with van der Waals surface area (Å²) in [6.45, 7) is 4.18. The lowest BCUT2D eigenvalue weighted by molar-refractivity contribution is 0.122. The SMILES string of the molecule is COc1cc(Nc2ccc3ncc(N4CCOCC4)nc3c2C#N)ccc1OCc1cnn(CC2CC2)c1. The maximum Gasteiger partial charge on any atom is 0.162 e. The van der Waals surface area contributed by atoms with Gasteiger partial charge in [0.25, 0.3) is 0 Å². The average molecular weight is 512 g/mol. The summed E-state index contributed by atoms with van der Waals surface area (Å²) in [4.78, 5) is 11.5. The molecular weight excluding hydrogens is 482 g/mol. The molecule has 0 amide bonds. The third kappa shape index (κ3) is 5.19. The number of benzene rings is 2. The van der Waals surface area contributed by atoms with Crippen LogP contribution in [-0.4, -0.2) is 53.2 Å². The van der Waals surface area contributed by atoms with Crippen molar-refractivity contribution in [2.45, 2.75) is 26.0 Å². The molecule has 194 valence electrons. The van der Waals surface area contributed by atoms with Gasteiger partial charge in [0.2, 0.25) is 0 Å². The van der Waals surface area contributed by atoms with E-state index in [0.717, 1.165) is 42.6 Å². The van der Waals surface area contributed by atoms with Crippen LogP contribution in [0.3, 0.4) is 0 Å². The summed E-state index contributed by atoms with van der Waals surface area (Å²) < 4.78 is 19.1. The fourth-order valence-electron chi connectivity index (χ4n) is 4.56. The Morgan fingerprint density at radius 3 is 2.79 bits per heavy atom. The first-order valence-electron chi connectivity index (χ1n) is 12.8. The Labute approximate surface area is 220 Å². The lowest BCUT2D eigenvalue weighted by Crippen LogP contribution is -2.36. The molecule has 2 aromatic carbocycles. The number of hydrogen-bond acceptors (Lipinski definition) is 9. The van der Waals surface area contributed by atoms with E-state index in [-0.39, 0.29) is 0 Å². The molecule has 4 aromatic rings. The largest absolute Gasteiger partial charge is 0.493 e. The highest BCUT2D eigenvalue weighted by molar-refractivity contribution is 5.89. The summed E-state index contributed by atoms with van der Waals surface area (Å²) in [5.74, 6) is 2.74. The number of hydrogen-bond donors (Lipinski definition) is 1. The molecule has 0 unspecified atom stereocenters. The monoisotopic (exact) mass is 511 g/mol. The molecule has 10 nitrogen and oxygen atoms in total. The van der Waals surface area contributed by atoms with Crippen LogP contribution in [0.4, 0.5) is 17.2 Å². The molecule has 1 saturated heterocycles. The minimum absolute atomic E-state index is 0.404. The van der Waals surface area contributed by atoms with Crippen molar-refractivity contribution in [1.82, 2.24) is 19.7 Å². The third-order valence-electron chi connectivity index (χ3n) is 6.81. The molecule has 2 fully saturated rings. The Kier molecular flexibility index (Phi) is 6.67. The van der Waals surface area contributed by atoms with Crippen LogP contribution in [0.25, 0.3) is 11.0 Å². The number of methoxy groups -OCH3 is 1. The highest BCUT2D eigenvalue weighted by atomic mass is 16.5. The zero-order chi connectivity index (χ0) is 25.9. The van der Waals surface area contributed by atoms with E-state index in [9.17, 15) is 5.26 Å². The lowest BCUT2D eigenvalue weighted by Gasteiger charge is -2.27. The molecule has 3 heterocycles. The van der Waals surface area contributed by atoms with E-state index in [4.69, 9.17) is 19.2 Å². The van der Waals surface area contributed by atoms with Gasteiger partial charge in [-0.3, -0.25) is 9.67 Å². The van der Waals surface area contributed by atoms with Crippen LogP contribution in [0, 0.1) is 17.2 Å².